The second-order valence-corrected chi connectivity index (χ2v) is 6.82. The van der Waals surface area contributed by atoms with Crippen molar-refractivity contribution in [2.75, 3.05) is 13.1 Å². The van der Waals surface area contributed by atoms with Crippen LogP contribution in [0.1, 0.15) is 5.56 Å². The van der Waals surface area contributed by atoms with Gasteiger partial charge in [0.25, 0.3) is 0 Å². The lowest BCUT2D eigenvalue weighted by atomic mass is 10.0. The molecule has 24 heavy (non-hydrogen) atoms. The van der Waals surface area contributed by atoms with Gasteiger partial charge in [-0.3, -0.25) is 9.69 Å². The Morgan fingerprint density at radius 3 is 2.29 bits per heavy atom. The molecule has 2 fully saturated rings. The third kappa shape index (κ3) is 3.00. The highest BCUT2D eigenvalue weighted by Crippen LogP contribution is 2.45. The molecule has 1 heterocycles. The molecule has 0 radical (unpaired) electrons. The molecule has 1 unspecified atom stereocenters. The van der Waals surface area contributed by atoms with Gasteiger partial charge in [-0.15, -0.1) is 0 Å². The van der Waals surface area contributed by atoms with E-state index >= 15 is 0 Å². The monoisotopic (exact) mass is 318 g/mol. The van der Waals surface area contributed by atoms with E-state index in [1.165, 1.54) is 22.8 Å². The molecule has 0 aromatic heterocycles. The lowest BCUT2D eigenvalue weighted by Gasteiger charge is -2.20. The van der Waals surface area contributed by atoms with E-state index in [1.807, 2.05) is 6.07 Å². The Bertz CT molecular complexity index is 726. The number of carbonyl (C=O) groups excluding carboxylic acids is 1. The summed E-state index contributed by atoms with van der Waals surface area (Å²) in [6, 6.07) is 19.7. The van der Waals surface area contributed by atoms with Gasteiger partial charge in [-0.25, -0.2) is 0 Å². The van der Waals surface area contributed by atoms with Gasteiger partial charge in [0.2, 0.25) is 5.91 Å². The molecule has 2 aliphatic rings. The zero-order valence-electron chi connectivity index (χ0n) is 13.7. The van der Waals surface area contributed by atoms with Crippen molar-refractivity contribution < 1.29 is 4.79 Å². The molecule has 1 aliphatic carbocycles. The number of hydrogen-bond acceptors (Lipinski definition) is 2. The number of amides is 1. The van der Waals surface area contributed by atoms with Crippen molar-refractivity contribution in [3.63, 3.8) is 0 Å². The Hall–Kier alpha value is -2.39. The van der Waals surface area contributed by atoms with Crippen LogP contribution in [0.3, 0.4) is 0 Å². The first-order valence-corrected chi connectivity index (χ1v) is 8.54. The minimum Gasteiger partial charge on any atom is -0.349 e. The fourth-order valence-corrected chi connectivity index (χ4v) is 3.87. The molecule has 2 aromatic carbocycles. The SMILES string of the molecule is C=CC(=O)NC1[C@H]2CN(Cc3ccc(-c4ccccc4)cc3)C[C@@H]12. The van der Waals surface area contributed by atoms with E-state index in [9.17, 15) is 4.79 Å². The highest BCUT2D eigenvalue weighted by Gasteiger charge is 2.55. The van der Waals surface area contributed by atoms with Gasteiger partial charge in [0.15, 0.2) is 0 Å². The van der Waals surface area contributed by atoms with Crippen molar-refractivity contribution in [3.05, 3.63) is 72.8 Å². The fraction of sp³-hybridized carbons (Fsp3) is 0.286. The third-order valence-corrected chi connectivity index (χ3v) is 5.23. The standard InChI is InChI=1S/C21H22N2O/c1-2-20(24)22-21-18-13-23(14-19(18)21)12-15-8-10-17(11-9-15)16-6-4-3-5-7-16/h2-11,18-19,21H,1,12-14H2,(H,22,24)/t18-,19+,21?. The summed E-state index contributed by atoms with van der Waals surface area (Å²) in [7, 11) is 0. The van der Waals surface area contributed by atoms with Crippen molar-refractivity contribution in [2.24, 2.45) is 11.8 Å². The first-order chi connectivity index (χ1) is 11.7. The van der Waals surface area contributed by atoms with E-state index in [0.717, 1.165) is 19.6 Å². The molecular formula is C21H22N2O. The summed E-state index contributed by atoms with van der Waals surface area (Å²) in [4.78, 5) is 13.9. The van der Waals surface area contributed by atoms with Gasteiger partial charge >= 0.3 is 0 Å². The van der Waals surface area contributed by atoms with Gasteiger partial charge in [0.1, 0.15) is 0 Å². The van der Waals surface area contributed by atoms with E-state index in [2.05, 4.69) is 65.3 Å². The molecule has 3 nitrogen and oxygen atoms in total. The lowest BCUT2D eigenvalue weighted by Crippen LogP contribution is -2.33. The van der Waals surface area contributed by atoms with Crippen LogP contribution in [0.4, 0.5) is 0 Å². The number of carbonyl (C=O) groups is 1. The van der Waals surface area contributed by atoms with Gasteiger partial charge in [0, 0.05) is 25.7 Å². The zero-order chi connectivity index (χ0) is 16.5. The van der Waals surface area contributed by atoms with Crippen LogP contribution >= 0.6 is 0 Å². The molecule has 1 saturated carbocycles. The van der Waals surface area contributed by atoms with Crippen LogP contribution in [-0.4, -0.2) is 29.9 Å². The van der Waals surface area contributed by atoms with Gasteiger partial charge in [-0.1, -0.05) is 61.2 Å². The highest BCUT2D eigenvalue weighted by atomic mass is 16.1. The molecule has 122 valence electrons. The molecule has 1 aliphatic heterocycles. The normalized spacial score (nSPS) is 25.1. The fourth-order valence-electron chi connectivity index (χ4n) is 3.87. The third-order valence-electron chi connectivity index (χ3n) is 5.23. The predicted octanol–water partition coefficient (Wildman–Crippen LogP) is 3.09. The predicted molar refractivity (Wildman–Crippen MR) is 96.3 cm³/mol. The summed E-state index contributed by atoms with van der Waals surface area (Å²) in [6.45, 7) is 6.66. The van der Waals surface area contributed by atoms with Crippen LogP contribution in [0.2, 0.25) is 0 Å². The summed E-state index contributed by atoms with van der Waals surface area (Å²) < 4.78 is 0. The quantitative estimate of drug-likeness (QED) is 0.859. The Labute approximate surface area is 143 Å². The van der Waals surface area contributed by atoms with E-state index in [4.69, 9.17) is 0 Å². The minimum atomic E-state index is -0.0440. The molecule has 0 spiro atoms. The molecule has 4 rings (SSSR count). The Morgan fingerprint density at radius 2 is 1.67 bits per heavy atom. The van der Waals surface area contributed by atoms with Crippen LogP contribution in [0, 0.1) is 11.8 Å². The average molecular weight is 318 g/mol. The number of fused-ring (bicyclic) bond motifs is 1. The largest absolute Gasteiger partial charge is 0.349 e. The molecule has 1 amide bonds. The highest BCUT2D eigenvalue weighted by molar-refractivity contribution is 5.87. The van der Waals surface area contributed by atoms with Crippen molar-refractivity contribution in [3.8, 4) is 11.1 Å². The molecule has 1 N–H and O–H groups in total. The maximum absolute atomic E-state index is 11.4. The van der Waals surface area contributed by atoms with Crippen molar-refractivity contribution in [2.45, 2.75) is 12.6 Å². The van der Waals surface area contributed by atoms with Gasteiger partial charge in [-0.05, 0) is 34.6 Å². The lowest BCUT2D eigenvalue weighted by molar-refractivity contribution is -0.116. The Balaban J connectivity index is 1.32. The van der Waals surface area contributed by atoms with E-state index < -0.39 is 0 Å². The first-order valence-electron chi connectivity index (χ1n) is 8.54. The maximum atomic E-state index is 11.4. The van der Waals surface area contributed by atoms with Gasteiger partial charge < -0.3 is 5.32 Å². The summed E-state index contributed by atoms with van der Waals surface area (Å²) >= 11 is 0. The van der Waals surface area contributed by atoms with Gasteiger partial charge in [-0.2, -0.15) is 0 Å². The van der Waals surface area contributed by atoms with Crippen molar-refractivity contribution in [1.29, 1.82) is 0 Å². The molecule has 3 atom stereocenters. The van der Waals surface area contributed by atoms with E-state index in [1.54, 1.807) is 0 Å². The number of hydrogen-bond donors (Lipinski definition) is 1. The number of rotatable bonds is 5. The van der Waals surface area contributed by atoms with Crippen LogP contribution in [0.15, 0.2) is 67.3 Å². The van der Waals surface area contributed by atoms with Crippen molar-refractivity contribution in [1.82, 2.24) is 10.2 Å². The number of likely N-dealkylation sites (tertiary alicyclic amines) is 1. The number of nitrogens with zero attached hydrogens (tertiary/aromatic N) is 1. The van der Waals surface area contributed by atoms with E-state index in [0.29, 0.717) is 17.9 Å². The first kappa shape index (κ1) is 15.2. The zero-order valence-corrected chi connectivity index (χ0v) is 13.7. The van der Waals surface area contributed by atoms with Crippen LogP contribution < -0.4 is 5.32 Å². The molecule has 0 bridgehead atoms. The maximum Gasteiger partial charge on any atom is 0.243 e. The van der Waals surface area contributed by atoms with Crippen molar-refractivity contribution >= 4 is 5.91 Å². The molecule has 3 heteroatoms. The summed E-state index contributed by atoms with van der Waals surface area (Å²) in [6.07, 6.45) is 1.36. The summed E-state index contributed by atoms with van der Waals surface area (Å²) in [5, 5.41) is 3.03. The minimum absolute atomic E-state index is 0.0440. The second-order valence-electron chi connectivity index (χ2n) is 6.82. The summed E-state index contributed by atoms with van der Waals surface area (Å²) in [5.74, 6) is 1.20. The molecule has 2 aromatic rings. The Kier molecular flexibility index (Phi) is 3.95. The van der Waals surface area contributed by atoms with E-state index in [-0.39, 0.29) is 5.91 Å². The Morgan fingerprint density at radius 1 is 1.04 bits per heavy atom. The second kappa shape index (κ2) is 6.25. The number of nitrogens with one attached hydrogen (secondary N) is 1. The number of benzene rings is 2. The van der Waals surface area contributed by atoms with Crippen LogP contribution in [0.5, 0.6) is 0 Å². The van der Waals surface area contributed by atoms with Crippen LogP contribution in [0.25, 0.3) is 11.1 Å². The molecule has 1 saturated heterocycles. The van der Waals surface area contributed by atoms with Crippen LogP contribution in [-0.2, 0) is 11.3 Å². The summed E-state index contributed by atoms with van der Waals surface area (Å²) in [5.41, 5.74) is 3.87. The van der Waals surface area contributed by atoms with Gasteiger partial charge in [0.05, 0.1) is 0 Å². The average Bonchev–Trinajstić information content (AvgIpc) is 3.06. The topological polar surface area (TPSA) is 32.3 Å². The number of piperidine rings is 1. The smallest absolute Gasteiger partial charge is 0.243 e. The molecular weight excluding hydrogens is 296 g/mol.